The number of carbonyl (C=O) groups is 1. The van der Waals surface area contributed by atoms with Crippen LogP contribution in [0.3, 0.4) is 0 Å². The number of ether oxygens (including phenoxy) is 2. The van der Waals surface area contributed by atoms with Crippen molar-refractivity contribution in [1.82, 2.24) is 0 Å². The molecule has 1 aliphatic rings. The molecule has 0 atom stereocenters. The highest BCUT2D eigenvalue weighted by molar-refractivity contribution is 7.16. The van der Waals surface area contributed by atoms with Gasteiger partial charge in [-0.3, -0.25) is 4.79 Å². The Bertz CT molecular complexity index is 1120. The van der Waals surface area contributed by atoms with Crippen molar-refractivity contribution < 1.29 is 14.3 Å². The molecule has 7 heteroatoms. The van der Waals surface area contributed by atoms with Gasteiger partial charge in [0.2, 0.25) is 0 Å². The van der Waals surface area contributed by atoms with E-state index in [1.807, 2.05) is 30.3 Å². The second-order valence-electron chi connectivity index (χ2n) is 6.87. The molecule has 0 unspecified atom stereocenters. The van der Waals surface area contributed by atoms with Gasteiger partial charge in [0.05, 0.1) is 19.8 Å². The van der Waals surface area contributed by atoms with Gasteiger partial charge < -0.3 is 14.8 Å². The fourth-order valence-corrected chi connectivity index (χ4v) is 4.96. The molecular weight excluding hydrogens is 420 g/mol. The zero-order chi connectivity index (χ0) is 21.1. The Labute approximate surface area is 184 Å². The fraction of sp³-hybridized carbons (Fsp3) is 0.217. The van der Waals surface area contributed by atoms with Gasteiger partial charge >= 0.3 is 0 Å². The van der Waals surface area contributed by atoms with Crippen molar-refractivity contribution in [3.8, 4) is 11.5 Å². The normalized spacial score (nSPS) is 12.8. The second-order valence-corrected chi connectivity index (χ2v) is 8.39. The van der Waals surface area contributed by atoms with Gasteiger partial charge in [0, 0.05) is 27.4 Å². The van der Waals surface area contributed by atoms with Crippen molar-refractivity contribution >= 4 is 45.7 Å². The highest BCUT2D eigenvalue weighted by atomic mass is 35.5. The first-order chi connectivity index (χ1) is 14.6. The number of carbonyl (C=O) groups excluding carboxylic acids is 1. The molecule has 3 aromatic rings. The van der Waals surface area contributed by atoms with Crippen LogP contribution < -0.4 is 14.8 Å². The molecule has 154 valence electrons. The first kappa shape index (κ1) is 20.4. The Balaban J connectivity index is 1.68. The van der Waals surface area contributed by atoms with Gasteiger partial charge in [0.1, 0.15) is 16.5 Å². The van der Waals surface area contributed by atoms with E-state index >= 15 is 0 Å². The Hall–Kier alpha value is -2.83. The molecule has 1 amide bonds. The van der Waals surface area contributed by atoms with E-state index in [9.17, 15) is 4.79 Å². The fourth-order valence-electron chi connectivity index (χ4n) is 3.54. The number of hydrogen-bond acceptors (Lipinski definition) is 5. The minimum atomic E-state index is -0.165. The summed E-state index contributed by atoms with van der Waals surface area (Å²) in [5, 5.41) is 4.23. The third-order valence-corrected chi connectivity index (χ3v) is 6.40. The van der Waals surface area contributed by atoms with Crippen LogP contribution in [0.1, 0.15) is 32.8 Å². The molecule has 1 N–H and O–H groups in total. The lowest BCUT2D eigenvalue weighted by Crippen LogP contribution is -2.13. The molecule has 0 bridgehead atoms. The number of amides is 1. The molecule has 0 saturated carbocycles. The van der Waals surface area contributed by atoms with E-state index in [2.05, 4.69) is 10.3 Å². The van der Waals surface area contributed by atoms with Crippen LogP contribution in [-0.2, 0) is 12.8 Å². The second kappa shape index (κ2) is 8.90. The molecule has 0 radical (unpaired) electrons. The van der Waals surface area contributed by atoms with Gasteiger partial charge in [-0.05, 0) is 61.2 Å². The van der Waals surface area contributed by atoms with Gasteiger partial charge in [-0.15, -0.1) is 11.3 Å². The van der Waals surface area contributed by atoms with Crippen LogP contribution in [0.5, 0.6) is 11.5 Å². The number of aryl methyl sites for hydroxylation is 1. The van der Waals surface area contributed by atoms with Gasteiger partial charge in [0.15, 0.2) is 0 Å². The SMILES string of the molecule is COc1ccc(OC)c(/C=N/c2sc3c(c2C(=O)Nc2cccc(Cl)c2)CCC3)c1. The average Bonchev–Trinajstić information content (AvgIpc) is 3.32. The van der Waals surface area contributed by atoms with Crippen molar-refractivity contribution in [3.05, 3.63) is 69.1 Å². The van der Waals surface area contributed by atoms with Crippen LogP contribution in [0.25, 0.3) is 0 Å². The molecule has 5 nitrogen and oxygen atoms in total. The lowest BCUT2D eigenvalue weighted by molar-refractivity contribution is 0.102. The summed E-state index contributed by atoms with van der Waals surface area (Å²) in [4.78, 5) is 19.0. The highest BCUT2D eigenvalue weighted by Crippen LogP contribution is 2.41. The summed E-state index contributed by atoms with van der Waals surface area (Å²) in [6.07, 6.45) is 4.66. The molecule has 1 heterocycles. The van der Waals surface area contributed by atoms with Crippen LogP contribution in [0.4, 0.5) is 10.7 Å². The topological polar surface area (TPSA) is 59.9 Å². The predicted molar refractivity (Wildman–Crippen MR) is 123 cm³/mol. The summed E-state index contributed by atoms with van der Waals surface area (Å²) >= 11 is 7.63. The van der Waals surface area contributed by atoms with E-state index in [-0.39, 0.29) is 5.91 Å². The Kier molecular flexibility index (Phi) is 6.06. The van der Waals surface area contributed by atoms with Crippen molar-refractivity contribution in [3.63, 3.8) is 0 Å². The Morgan fingerprint density at radius 1 is 1.17 bits per heavy atom. The summed E-state index contributed by atoms with van der Waals surface area (Å²) in [7, 11) is 3.23. The van der Waals surface area contributed by atoms with Crippen molar-refractivity contribution in [2.75, 3.05) is 19.5 Å². The number of halogens is 1. The van der Waals surface area contributed by atoms with Gasteiger partial charge in [-0.25, -0.2) is 4.99 Å². The molecule has 0 aliphatic heterocycles. The van der Waals surface area contributed by atoms with E-state index < -0.39 is 0 Å². The Morgan fingerprint density at radius 3 is 2.80 bits per heavy atom. The maximum atomic E-state index is 13.1. The summed E-state index contributed by atoms with van der Waals surface area (Å²) in [6.45, 7) is 0. The largest absolute Gasteiger partial charge is 0.497 e. The van der Waals surface area contributed by atoms with E-state index in [0.29, 0.717) is 32.8 Å². The third kappa shape index (κ3) is 4.20. The van der Waals surface area contributed by atoms with Crippen LogP contribution in [0.15, 0.2) is 47.5 Å². The maximum Gasteiger partial charge on any atom is 0.259 e. The molecule has 1 aliphatic carbocycles. The quantitative estimate of drug-likeness (QED) is 0.484. The molecule has 0 fully saturated rings. The van der Waals surface area contributed by atoms with Crippen molar-refractivity contribution in [1.29, 1.82) is 0 Å². The molecule has 2 aromatic carbocycles. The number of thiophene rings is 1. The van der Waals surface area contributed by atoms with Gasteiger partial charge in [-0.2, -0.15) is 0 Å². The van der Waals surface area contributed by atoms with Crippen molar-refractivity contribution in [2.45, 2.75) is 19.3 Å². The first-order valence-corrected chi connectivity index (χ1v) is 10.8. The number of rotatable bonds is 6. The number of fused-ring (bicyclic) bond motifs is 1. The monoisotopic (exact) mass is 440 g/mol. The number of benzene rings is 2. The minimum Gasteiger partial charge on any atom is -0.497 e. The summed E-state index contributed by atoms with van der Waals surface area (Å²) in [5.74, 6) is 1.24. The van der Waals surface area contributed by atoms with E-state index in [4.69, 9.17) is 21.1 Å². The van der Waals surface area contributed by atoms with Gasteiger partial charge in [-0.1, -0.05) is 17.7 Å². The number of anilines is 1. The summed E-state index contributed by atoms with van der Waals surface area (Å²) in [5.41, 5.74) is 3.19. The summed E-state index contributed by atoms with van der Waals surface area (Å²) in [6, 6.07) is 12.7. The van der Waals surface area contributed by atoms with Crippen LogP contribution in [-0.4, -0.2) is 26.3 Å². The molecule has 30 heavy (non-hydrogen) atoms. The predicted octanol–water partition coefficient (Wildman–Crippen LogP) is 5.91. The number of methoxy groups -OCH3 is 2. The molecule has 4 rings (SSSR count). The van der Waals surface area contributed by atoms with Gasteiger partial charge in [0.25, 0.3) is 5.91 Å². The number of nitrogens with zero attached hydrogens (tertiary/aromatic N) is 1. The number of nitrogens with one attached hydrogen (secondary N) is 1. The standard InChI is InChI=1S/C23H21ClN2O3S/c1-28-17-9-10-19(29-2)14(11-17)13-25-23-21(18-7-4-8-20(18)30-23)22(27)26-16-6-3-5-15(24)12-16/h3,5-6,9-13H,4,7-8H2,1-2H3,(H,26,27)/b25-13+. The molecule has 0 spiro atoms. The Morgan fingerprint density at radius 2 is 2.03 bits per heavy atom. The van der Waals surface area contributed by atoms with Crippen LogP contribution in [0, 0.1) is 0 Å². The average molecular weight is 441 g/mol. The lowest BCUT2D eigenvalue weighted by atomic mass is 10.1. The smallest absolute Gasteiger partial charge is 0.259 e. The highest BCUT2D eigenvalue weighted by Gasteiger charge is 2.26. The maximum absolute atomic E-state index is 13.1. The summed E-state index contributed by atoms with van der Waals surface area (Å²) < 4.78 is 10.7. The van der Waals surface area contributed by atoms with E-state index in [1.165, 1.54) is 4.88 Å². The lowest BCUT2D eigenvalue weighted by Gasteiger charge is -2.08. The number of hydrogen-bond donors (Lipinski definition) is 1. The van der Waals surface area contributed by atoms with Crippen molar-refractivity contribution in [2.24, 2.45) is 4.99 Å². The molecular formula is C23H21ClN2O3S. The molecule has 1 aromatic heterocycles. The first-order valence-electron chi connectivity index (χ1n) is 9.56. The van der Waals surface area contributed by atoms with Crippen LogP contribution >= 0.6 is 22.9 Å². The zero-order valence-corrected chi connectivity index (χ0v) is 18.3. The molecule has 0 saturated heterocycles. The van der Waals surface area contributed by atoms with E-state index in [1.54, 1.807) is 43.9 Å². The zero-order valence-electron chi connectivity index (χ0n) is 16.7. The van der Waals surface area contributed by atoms with Crippen LogP contribution in [0.2, 0.25) is 5.02 Å². The third-order valence-electron chi connectivity index (χ3n) is 4.97. The van der Waals surface area contributed by atoms with E-state index in [0.717, 1.165) is 30.4 Å². The number of aliphatic imine (C=N–C) groups is 1. The minimum absolute atomic E-state index is 0.165.